The predicted octanol–water partition coefficient (Wildman–Crippen LogP) is 14.2. The van der Waals surface area contributed by atoms with Crippen molar-refractivity contribution in [2.24, 2.45) is 17.8 Å². The summed E-state index contributed by atoms with van der Waals surface area (Å²) in [5, 5.41) is 9.33. The Morgan fingerprint density at radius 2 is 1.27 bits per heavy atom. The highest BCUT2D eigenvalue weighted by molar-refractivity contribution is 6.19. The molecule has 4 atom stereocenters. The molecule has 6 heteroatoms. The molecule has 1 saturated carbocycles. The van der Waals surface area contributed by atoms with Gasteiger partial charge in [-0.3, -0.25) is 0 Å². The molecule has 41 heavy (non-hydrogen) atoms. The molecule has 0 amide bonds. The minimum atomic E-state index is -3.04. The van der Waals surface area contributed by atoms with Gasteiger partial charge in [-0.2, -0.15) is 0 Å². The Morgan fingerprint density at radius 1 is 0.756 bits per heavy atom. The fourth-order valence-corrected chi connectivity index (χ4v) is 5.93. The minimum Gasteiger partial charge on any atom is -0.396 e. The number of unbranched alkanes of at least 4 members (excludes halogenated alkanes) is 1. The van der Waals surface area contributed by atoms with Crippen molar-refractivity contribution in [3.05, 3.63) is 0 Å². The summed E-state index contributed by atoms with van der Waals surface area (Å²) >= 11 is 5.25. The van der Waals surface area contributed by atoms with E-state index in [0.29, 0.717) is 18.4 Å². The zero-order valence-electron chi connectivity index (χ0n) is 21.2. The molecule has 0 aromatic rings. The Kier molecular flexibility index (Phi) is 53.2. The van der Waals surface area contributed by atoms with E-state index in [2.05, 4.69) is 6.92 Å². The van der Waals surface area contributed by atoms with Crippen LogP contribution in [0.25, 0.3) is 0 Å². The van der Waals surface area contributed by atoms with Gasteiger partial charge in [0.2, 0.25) is 0 Å². The molecule has 0 saturated heterocycles. The summed E-state index contributed by atoms with van der Waals surface area (Å²) in [5.41, 5.74) is -1.98. The van der Waals surface area contributed by atoms with E-state index in [4.69, 9.17) is 16.3 Å². The van der Waals surface area contributed by atoms with Crippen molar-refractivity contribution < 1.29 is 23.0 Å². The van der Waals surface area contributed by atoms with Gasteiger partial charge in [0.1, 0.15) is 0 Å². The lowest BCUT2D eigenvalue weighted by Crippen LogP contribution is -2.29. The summed E-state index contributed by atoms with van der Waals surface area (Å²) in [4.78, 5) is 0. The second-order valence-corrected chi connectivity index (χ2v) is 10.7. The van der Waals surface area contributed by atoms with Crippen LogP contribution in [-0.4, -0.2) is 36.0 Å². The first-order valence-electron chi connectivity index (χ1n) is 13.7. The van der Waals surface area contributed by atoms with Crippen LogP contribution in [0.3, 0.4) is 0 Å². The molecule has 0 aliphatic heterocycles. The van der Waals surface area contributed by atoms with Crippen LogP contribution >= 0.6 is 11.6 Å². The van der Waals surface area contributed by atoms with Crippen molar-refractivity contribution in [1.29, 1.82) is 0 Å². The highest BCUT2D eigenvalue weighted by Gasteiger charge is 2.38. The molecule has 0 radical (unpaired) electrons. The number of hydrogen-bond acceptors (Lipinski definition) is 2. The maximum absolute atomic E-state index is 14.4. The summed E-state index contributed by atoms with van der Waals surface area (Å²) in [6, 6.07) is 0. The molecule has 262 valence electrons. The number of rotatable bonds is 20. The topological polar surface area (TPSA) is 29.5 Å². The first-order chi connectivity index (χ1) is 15.8. The smallest absolute Gasteiger partial charge is 0.252 e. The Hall–Kier alpha value is -0.0000000000000000208. The molecular formula is C35H82ClF3O2. The van der Waals surface area contributed by atoms with Crippen molar-refractivity contribution in [3.63, 3.8) is 0 Å². The fraction of sp³-hybridized carbons (Fsp3) is 1.00. The fourth-order valence-electron chi connectivity index (χ4n) is 5.70. The third kappa shape index (κ3) is 29.8. The molecular weight excluding hydrogens is 545 g/mol. The number of aliphatic hydroxyl groups is 1. The molecule has 1 aliphatic carbocycles. The maximum atomic E-state index is 14.4. The molecule has 1 rings (SSSR count). The summed E-state index contributed by atoms with van der Waals surface area (Å²) in [6.45, 7) is 5.12. The van der Waals surface area contributed by atoms with E-state index in [9.17, 15) is 18.3 Å². The quantitative estimate of drug-likeness (QED) is 0.136. The lowest BCUT2D eigenvalue weighted by molar-refractivity contribution is -0.0509. The number of aliphatic hydroxyl groups excluding tert-OH is 1. The predicted molar refractivity (Wildman–Crippen MR) is 187 cm³/mol. The van der Waals surface area contributed by atoms with Gasteiger partial charge in [0.05, 0.1) is 12.5 Å². The zero-order chi connectivity index (χ0) is 24.5. The van der Waals surface area contributed by atoms with E-state index >= 15 is 0 Å². The van der Waals surface area contributed by atoms with Crippen molar-refractivity contribution >= 4 is 11.6 Å². The van der Waals surface area contributed by atoms with Crippen LogP contribution in [0.2, 0.25) is 0 Å². The van der Waals surface area contributed by atoms with E-state index in [1.807, 2.05) is 6.92 Å². The lowest BCUT2D eigenvalue weighted by atomic mass is 9.75. The normalized spacial score (nSPS) is 15.6. The standard InChI is InChI=1S/C27H50ClF3O2.8CH4/c1-3-5-11-22(18-19-32)12-9-16-25(33-4-2)17-10-15-24(23-13-7-6-8-14-23)20-27(30,31)21-26(28)29;;;;;;;;/h22-26,32H,3-21H2,1-2H3;8*1H4. The van der Waals surface area contributed by atoms with Crippen molar-refractivity contribution in [2.45, 2.75) is 200 Å². The largest absolute Gasteiger partial charge is 0.396 e. The number of ether oxygens (including phenoxy) is 1. The molecule has 2 nitrogen and oxygen atoms in total. The van der Waals surface area contributed by atoms with Crippen LogP contribution in [0, 0.1) is 17.8 Å². The van der Waals surface area contributed by atoms with Gasteiger partial charge in [0.25, 0.3) is 5.92 Å². The van der Waals surface area contributed by atoms with Gasteiger partial charge >= 0.3 is 0 Å². The van der Waals surface area contributed by atoms with E-state index in [0.717, 1.165) is 70.6 Å². The lowest BCUT2D eigenvalue weighted by Gasteiger charge is -2.33. The van der Waals surface area contributed by atoms with Crippen LogP contribution < -0.4 is 0 Å². The molecule has 0 aromatic heterocycles. The van der Waals surface area contributed by atoms with Crippen LogP contribution in [0.5, 0.6) is 0 Å². The van der Waals surface area contributed by atoms with E-state index in [-0.39, 0.29) is 84.5 Å². The number of halogens is 4. The van der Waals surface area contributed by atoms with Gasteiger partial charge in [0, 0.05) is 19.6 Å². The van der Waals surface area contributed by atoms with Crippen molar-refractivity contribution in [2.75, 3.05) is 13.2 Å². The van der Waals surface area contributed by atoms with E-state index in [1.54, 1.807) is 0 Å². The monoisotopic (exact) mass is 627 g/mol. The maximum Gasteiger partial charge on any atom is 0.252 e. The van der Waals surface area contributed by atoms with Gasteiger partial charge in [0.15, 0.2) is 5.63 Å². The Bertz CT molecular complexity index is 461. The van der Waals surface area contributed by atoms with E-state index < -0.39 is 18.0 Å². The van der Waals surface area contributed by atoms with Gasteiger partial charge in [-0.05, 0) is 50.4 Å². The summed E-state index contributed by atoms with van der Waals surface area (Å²) in [5.74, 6) is -2.21. The molecule has 1 N–H and O–H groups in total. The van der Waals surface area contributed by atoms with E-state index in [1.165, 1.54) is 25.7 Å². The van der Waals surface area contributed by atoms with Crippen molar-refractivity contribution in [3.8, 4) is 0 Å². The van der Waals surface area contributed by atoms with Crippen LogP contribution in [0.1, 0.15) is 182 Å². The van der Waals surface area contributed by atoms with Gasteiger partial charge in [-0.15, -0.1) is 0 Å². The highest BCUT2D eigenvalue weighted by atomic mass is 35.5. The second-order valence-electron chi connectivity index (χ2n) is 10.3. The molecule has 0 aromatic carbocycles. The average Bonchev–Trinajstić information content (AvgIpc) is 2.76. The second kappa shape index (κ2) is 36.2. The first kappa shape index (κ1) is 60.2. The van der Waals surface area contributed by atoms with Crippen LogP contribution in [0.15, 0.2) is 0 Å². The van der Waals surface area contributed by atoms with Crippen molar-refractivity contribution in [1.82, 2.24) is 0 Å². The van der Waals surface area contributed by atoms with Gasteiger partial charge < -0.3 is 9.84 Å². The summed E-state index contributed by atoms with van der Waals surface area (Å²) < 4.78 is 47.9. The first-order valence-corrected chi connectivity index (χ1v) is 14.1. The number of alkyl halides is 4. The Morgan fingerprint density at radius 3 is 1.73 bits per heavy atom. The Balaban J connectivity index is -0.000000227. The SMILES string of the molecule is C.C.C.C.C.C.C.C.CCCCC(CCO)CCCC(CCCC(CC(F)(F)CC(F)Cl)C1CCCCC1)OCC. The third-order valence-electron chi connectivity index (χ3n) is 7.48. The molecule has 4 unspecified atom stereocenters. The van der Waals surface area contributed by atoms with Crippen LogP contribution in [-0.2, 0) is 4.74 Å². The summed E-state index contributed by atoms with van der Waals surface area (Å²) in [7, 11) is 0. The minimum absolute atomic E-state index is 0. The number of hydrogen-bond donors (Lipinski definition) is 1. The average molecular weight is 627 g/mol. The zero-order valence-corrected chi connectivity index (χ0v) is 21.9. The molecule has 0 heterocycles. The molecule has 1 fully saturated rings. The summed E-state index contributed by atoms with van der Waals surface area (Å²) in [6.07, 6.45) is 14.6. The van der Waals surface area contributed by atoms with Gasteiger partial charge in [-0.1, -0.05) is 149 Å². The third-order valence-corrected chi connectivity index (χ3v) is 7.63. The van der Waals surface area contributed by atoms with Crippen LogP contribution in [0.4, 0.5) is 13.2 Å². The Labute approximate surface area is 265 Å². The molecule has 0 bridgehead atoms. The molecule has 1 aliphatic rings. The van der Waals surface area contributed by atoms with Gasteiger partial charge in [-0.25, -0.2) is 13.2 Å². The molecule has 0 spiro atoms. The highest BCUT2D eigenvalue weighted by Crippen LogP contribution is 2.41.